The highest BCUT2D eigenvalue weighted by atomic mass is 127. The van der Waals surface area contributed by atoms with Crippen molar-refractivity contribution in [3.05, 3.63) is 68.4 Å². The molecule has 1 aliphatic rings. The smallest absolute Gasteiger partial charge is 0.283 e. The first-order valence-corrected chi connectivity index (χ1v) is 8.31. The number of anilines is 2. The molecule has 116 valence electrons. The van der Waals surface area contributed by atoms with E-state index in [1.54, 1.807) is 18.2 Å². The summed E-state index contributed by atoms with van der Waals surface area (Å²) in [5.41, 5.74) is 2.18. The molecule has 23 heavy (non-hydrogen) atoms. The van der Waals surface area contributed by atoms with E-state index in [0.717, 1.165) is 14.0 Å². The van der Waals surface area contributed by atoms with Gasteiger partial charge in [0, 0.05) is 9.26 Å². The van der Waals surface area contributed by atoms with E-state index in [1.807, 2.05) is 37.3 Å². The fourth-order valence-corrected chi connectivity index (χ4v) is 3.23. The number of para-hydroxylation sites is 1. The van der Waals surface area contributed by atoms with Crippen molar-refractivity contribution in [1.82, 2.24) is 0 Å². The Bertz CT molecular complexity index is 834. The van der Waals surface area contributed by atoms with Crippen molar-refractivity contribution in [2.75, 3.05) is 10.2 Å². The molecule has 2 amide bonds. The molecule has 1 aliphatic heterocycles. The van der Waals surface area contributed by atoms with Crippen molar-refractivity contribution in [2.45, 2.75) is 6.92 Å². The van der Waals surface area contributed by atoms with Gasteiger partial charge in [0.25, 0.3) is 11.8 Å². The number of aryl methyl sites for hydroxylation is 1. The van der Waals surface area contributed by atoms with E-state index >= 15 is 0 Å². The van der Waals surface area contributed by atoms with Crippen molar-refractivity contribution < 1.29 is 9.59 Å². The fourth-order valence-electron chi connectivity index (χ4n) is 2.37. The van der Waals surface area contributed by atoms with Crippen molar-refractivity contribution in [1.29, 1.82) is 0 Å². The van der Waals surface area contributed by atoms with Gasteiger partial charge in [0.05, 0.1) is 5.69 Å². The Kier molecular flexibility index (Phi) is 4.41. The van der Waals surface area contributed by atoms with Gasteiger partial charge in [-0.3, -0.25) is 9.59 Å². The van der Waals surface area contributed by atoms with Gasteiger partial charge in [0.2, 0.25) is 0 Å². The summed E-state index contributed by atoms with van der Waals surface area (Å²) in [6.45, 7) is 1.86. The number of hydrogen-bond acceptors (Lipinski definition) is 3. The molecular weight excluding hydrogens is 427 g/mol. The van der Waals surface area contributed by atoms with E-state index in [9.17, 15) is 9.59 Å². The van der Waals surface area contributed by atoms with Gasteiger partial charge >= 0.3 is 0 Å². The molecule has 0 saturated carbocycles. The second-order valence-electron chi connectivity index (χ2n) is 5.06. The fraction of sp³-hybridized carbons (Fsp3) is 0.0588. The molecule has 0 spiro atoms. The third-order valence-corrected chi connectivity index (χ3v) is 4.49. The summed E-state index contributed by atoms with van der Waals surface area (Å²) < 4.78 is 1.03. The predicted molar refractivity (Wildman–Crippen MR) is 99.3 cm³/mol. The minimum absolute atomic E-state index is 0.0980. The van der Waals surface area contributed by atoms with Gasteiger partial charge in [0.15, 0.2) is 0 Å². The van der Waals surface area contributed by atoms with Crippen LogP contribution >= 0.6 is 34.2 Å². The van der Waals surface area contributed by atoms with Crippen LogP contribution in [0.2, 0.25) is 0 Å². The standard InChI is InChI=1S/C17H12ClIN2O2/c1-10-9-11(19)7-8-13(10)21-16(22)14(18)15(17(21)23)20-12-5-3-2-4-6-12/h2-9,20H,1H3. The summed E-state index contributed by atoms with van der Waals surface area (Å²) in [6.07, 6.45) is 0. The first kappa shape index (κ1) is 16.0. The minimum atomic E-state index is -0.514. The summed E-state index contributed by atoms with van der Waals surface area (Å²) in [5, 5.41) is 2.84. The normalized spacial score (nSPS) is 14.7. The number of benzene rings is 2. The Morgan fingerprint density at radius 2 is 1.74 bits per heavy atom. The zero-order valence-electron chi connectivity index (χ0n) is 12.1. The van der Waals surface area contributed by atoms with E-state index in [-0.39, 0.29) is 10.7 Å². The van der Waals surface area contributed by atoms with Crippen LogP contribution in [0.5, 0.6) is 0 Å². The van der Waals surface area contributed by atoms with E-state index in [0.29, 0.717) is 11.4 Å². The van der Waals surface area contributed by atoms with Crippen LogP contribution in [0.1, 0.15) is 5.56 Å². The lowest BCUT2D eigenvalue weighted by atomic mass is 10.2. The summed E-state index contributed by atoms with van der Waals surface area (Å²) in [5.74, 6) is -0.965. The Morgan fingerprint density at radius 1 is 1.04 bits per heavy atom. The molecule has 0 atom stereocenters. The largest absolute Gasteiger partial charge is 0.350 e. The van der Waals surface area contributed by atoms with Crippen molar-refractivity contribution >= 4 is 57.4 Å². The molecule has 0 bridgehead atoms. The maximum atomic E-state index is 12.7. The summed E-state index contributed by atoms with van der Waals surface area (Å²) >= 11 is 8.29. The zero-order valence-corrected chi connectivity index (χ0v) is 15.1. The Morgan fingerprint density at radius 3 is 2.39 bits per heavy atom. The predicted octanol–water partition coefficient (Wildman–Crippen LogP) is 4.04. The Balaban J connectivity index is 1.96. The average molecular weight is 439 g/mol. The molecule has 3 rings (SSSR count). The highest BCUT2D eigenvalue weighted by Gasteiger charge is 2.39. The molecule has 0 aromatic heterocycles. The van der Waals surface area contributed by atoms with Crippen LogP contribution in [-0.4, -0.2) is 11.8 Å². The molecule has 4 nitrogen and oxygen atoms in total. The second-order valence-corrected chi connectivity index (χ2v) is 6.68. The van der Waals surface area contributed by atoms with E-state index in [1.165, 1.54) is 0 Å². The Hall–Kier alpha value is -1.86. The topological polar surface area (TPSA) is 49.4 Å². The van der Waals surface area contributed by atoms with Crippen molar-refractivity contribution in [3.63, 3.8) is 0 Å². The molecule has 0 saturated heterocycles. The molecule has 0 aliphatic carbocycles. The van der Waals surface area contributed by atoms with E-state index in [2.05, 4.69) is 27.9 Å². The SMILES string of the molecule is Cc1cc(I)ccc1N1C(=O)C(Cl)=C(Nc2ccccc2)C1=O. The maximum absolute atomic E-state index is 12.7. The molecule has 0 radical (unpaired) electrons. The summed E-state index contributed by atoms with van der Waals surface area (Å²) in [4.78, 5) is 26.2. The number of hydrogen-bond donors (Lipinski definition) is 1. The Labute approximate surface area is 152 Å². The van der Waals surface area contributed by atoms with E-state index < -0.39 is 11.8 Å². The lowest BCUT2D eigenvalue weighted by Gasteiger charge is -2.17. The number of imide groups is 1. The van der Waals surface area contributed by atoms with Gasteiger partial charge in [-0.25, -0.2) is 4.90 Å². The van der Waals surface area contributed by atoms with Gasteiger partial charge in [-0.05, 0) is 65.4 Å². The van der Waals surface area contributed by atoms with Crippen LogP contribution in [0, 0.1) is 10.5 Å². The molecular formula is C17H12ClIN2O2. The number of rotatable bonds is 3. The molecule has 0 unspecified atom stereocenters. The number of halogens is 2. The van der Waals surface area contributed by atoms with Crippen LogP contribution in [0.4, 0.5) is 11.4 Å². The lowest BCUT2D eigenvalue weighted by molar-refractivity contribution is -0.120. The van der Waals surface area contributed by atoms with Gasteiger partial charge in [-0.2, -0.15) is 0 Å². The van der Waals surface area contributed by atoms with Crippen LogP contribution < -0.4 is 10.2 Å². The quantitative estimate of drug-likeness (QED) is 0.581. The monoisotopic (exact) mass is 438 g/mol. The third-order valence-electron chi connectivity index (χ3n) is 3.47. The molecule has 0 fully saturated rings. The number of nitrogens with zero attached hydrogens (tertiary/aromatic N) is 1. The summed E-state index contributed by atoms with van der Waals surface area (Å²) in [7, 11) is 0. The number of nitrogens with one attached hydrogen (secondary N) is 1. The molecule has 1 heterocycles. The zero-order chi connectivity index (χ0) is 16.6. The van der Waals surface area contributed by atoms with Crippen molar-refractivity contribution in [2.24, 2.45) is 0 Å². The van der Waals surface area contributed by atoms with Gasteiger partial charge in [0.1, 0.15) is 10.7 Å². The number of amides is 2. The van der Waals surface area contributed by atoms with Gasteiger partial charge in [-0.1, -0.05) is 29.8 Å². The number of carbonyl (C=O) groups excluding carboxylic acids is 2. The van der Waals surface area contributed by atoms with Crippen LogP contribution in [-0.2, 0) is 9.59 Å². The van der Waals surface area contributed by atoms with Crippen molar-refractivity contribution in [3.8, 4) is 0 Å². The third kappa shape index (κ3) is 2.98. The van der Waals surface area contributed by atoms with Crippen LogP contribution in [0.3, 0.4) is 0 Å². The van der Waals surface area contributed by atoms with E-state index in [4.69, 9.17) is 11.6 Å². The lowest BCUT2D eigenvalue weighted by Crippen LogP contribution is -2.32. The second kappa shape index (κ2) is 6.33. The minimum Gasteiger partial charge on any atom is -0.350 e. The molecule has 1 N–H and O–H groups in total. The highest BCUT2D eigenvalue weighted by Crippen LogP contribution is 2.32. The van der Waals surface area contributed by atoms with Gasteiger partial charge < -0.3 is 5.32 Å². The molecule has 2 aromatic carbocycles. The number of carbonyl (C=O) groups is 2. The molecule has 6 heteroatoms. The molecule has 2 aromatic rings. The first-order valence-electron chi connectivity index (χ1n) is 6.86. The summed E-state index contributed by atoms with van der Waals surface area (Å²) in [6, 6.07) is 14.6. The van der Waals surface area contributed by atoms with Crippen LogP contribution in [0.15, 0.2) is 59.3 Å². The average Bonchev–Trinajstić information content (AvgIpc) is 2.73. The maximum Gasteiger partial charge on any atom is 0.283 e. The highest BCUT2D eigenvalue weighted by molar-refractivity contribution is 14.1. The van der Waals surface area contributed by atoms with Gasteiger partial charge in [-0.15, -0.1) is 0 Å². The first-order chi connectivity index (χ1) is 11.0. The van der Waals surface area contributed by atoms with Crippen LogP contribution in [0.25, 0.3) is 0 Å².